The first-order chi connectivity index (χ1) is 4.43. The van der Waals surface area contributed by atoms with Gasteiger partial charge < -0.3 is 0 Å². The summed E-state index contributed by atoms with van der Waals surface area (Å²) < 4.78 is 0. The first-order valence-electron chi connectivity index (χ1n) is 2.97. The topological polar surface area (TPSA) is 28.7 Å². The smallest absolute Gasteiger partial charge is 0.0490 e. The van der Waals surface area contributed by atoms with Crippen molar-refractivity contribution < 1.29 is 0 Å². The Morgan fingerprint density at radius 3 is 3.11 bits per heavy atom. The van der Waals surface area contributed by atoms with Crippen molar-refractivity contribution in [1.82, 2.24) is 10.2 Å². The first kappa shape index (κ1) is 6.81. The number of halogens is 1. The van der Waals surface area contributed by atoms with Crippen molar-refractivity contribution in [3.8, 4) is 0 Å². The van der Waals surface area contributed by atoms with E-state index in [9.17, 15) is 0 Å². The van der Waals surface area contributed by atoms with Crippen LogP contribution in [0.15, 0.2) is 12.3 Å². The molecule has 0 bridgehead atoms. The van der Waals surface area contributed by atoms with E-state index in [1.807, 2.05) is 6.07 Å². The van der Waals surface area contributed by atoms with Crippen molar-refractivity contribution in [3.63, 3.8) is 0 Å². The minimum atomic E-state index is 1.06. The SMILES string of the molecule is BrCCCc1ccn[nH]1. The Balaban J connectivity index is 2.30. The number of nitrogens with one attached hydrogen (secondary N) is 1. The van der Waals surface area contributed by atoms with Crippen molar-refractivity contribution in [3.05, 3.63) is 18.0 Å². The number of aromatic nitrogens is 2. The number of H-pyrrole nitrogens is 1. The van der Waals surface area contributed by atoms with Crippen molar-refractivity contribution in [2.45, 2.75) is 12.8 Å². The quantitative estimate of drug-likeness (QED) is 0.720. The first-order valence-corrected chi connectivity index (χ1v) is 4.10. The highest BCUT2D eigenvalue weighted by atomic mass is 79.9. The van der Waals surface area contributed by atoms with Gasteiger partial charge in [0.05, 0.1) is 0 Å². The van der Waals surface area contributed by atoms with E-state index in [1.165, 1.54) is 12.1 Å². The van der Waals surface area contributed by atoms with Crippen LogP contribution in [-0.2, 0) is 6.42 Å². The second kappa shape index (κ2) is 3.67. The van der Waals surface area contributed by atoms with E-state index in [4.69, 9.17) is 0 Å². The molecule has 0 aliphatic heterocycles. The highest BCUT2D eigenvalue weighted by Crippen LogP contribution is 1.98. The molecule has 3 heteroatoms. The maximum absolute atomic E-state index is 3.83. The molecule has 0 unspecified atom stereocenters. The Morgan fingerprint density at radius 1 is 1.67 bits per heavy atom. The van der Waals surface area contributed by atoms with Gasteiger partial charge in [-0.1, -0.05) is 15.9 Å². The molecule has 0 atom stereocenters. The zero-order valence-corrected chi connectivity index (χ0v) is 6.69. The standard InChI is InChI=1S/C6H9BrN2/c7-4-1-2-6-3-5-8-9-6/h3,5H,1-2,4H2,(H,8,9). The van der Waals surface area contributed by atoms with Gasteiger partial charge in [0.1, 0.15) is 0 Å². The van der Waals surface area contributed by atoms with Crippen LogP contribution >= 0.6 is 15.9 Å². The largest absolute Gasteiger partial charge is 0.283 e. The number of aromatic amines is 1. The van der Waals surface area contributed by atoms with Gasteiger partial charge in [-0.3, -0.25) is 5.10 Å². The third kappa shape index (κ3) is 2.18. The molecular formula is C6H9BrN2. The van der Waals surface area contributed by atoms with Crippen LogP contribution in [0.1, 0.15) is 12.1 Å². The summed E-state index contributed by atoms with van der Waals surface area (Å²) in [5.41, 5.74) is 1.22. The van der Waals surface area contributed by atoms with Gasteiger partial charge in [0.2, 0.25) is 0 Å². The van der Waals surface area contributed by atoms with Gasteiger partial charge in [-0.2, -0.15) is 5.10 Å². The number of alkyl halides is 1. The molecule has 0 saturated heterocycles. The monoisotopic (exact) mass is 188 g/mol. The molecule has 50 valence electrons. The third-order valence-corrected chi connectivity index (χ3v) is 1.70. The summed E-state index contributed by atoms with van der Waals surface area (Å²) in [6, 6.07) is 2.00. The summed E-state index contributed by atoms with van der Waals surface area (Å²) in [6.45, 7) is 0. The van der Waals surface area contributed by atoms with Gasteiger partial charge in [-0.15, -0.1) is 0 Å². The van der Waals surface area contributed by atoms with Crippen LogP contribution in [0.4, 0.5) is 0 Å². The number of nitrogens with zero attached hydrogens (tertiary/aromatic N) is 1. The van der Waals surface area contributed by atoms with Gasteiger partial charge in [0.15, 0.2) is 0 Å². The molecule has 0 saturated carbocycles. The van der Waals surface area contributed by atoms with Gasteiger partial charge in [0.25, 0.3) is 0 Å². The number of aryl methyl sites for hydroxylation is 1. The van der Waals surface area contributed by atoms with E-state index in [0.29, 0.717) is 0 Å². The van der Waals surface area contributed by atoms with Crippen LogP contribution in [-0.4, -0.2) is 15.5 Å². The Kier molecular flexibility index (Phi) is 2.77. The second-order valence-corrected chi connectivity index (χ2v) is 2.67. The van der Waals surface area contributed by atoms with Gasteiger partial charge in [-0.25, -0.2) is 0 Å². The molecule has 0 aromatic carbocycles. The molecular weight excluding hydrogens is 180 g/mol. The second-order valence-electron chi connectivity index (χ2n) is 1.87. The molecule has 1 N–H and O–H groups in total. The van der Waals surface area contributed by atoms with Crippen LogP contribution < -0.4 is 0 Å². The Bertz CT molecular complexity index is 148. The molecule has 0 spiro atoms. The van der Waals surface area contributed by atoms with E-state index < -0.39 is 0 Å². The molecule has 1 rings (SSSR count). The Hall–Kier alpha value is -0.310. The summed E-state index contributed by atoms with van der Waals surface area (Å²) in [6.07, 6.45) is 4.04. The molecule has 0 fully saturated rings. The zero-order valence-electron chi connectivity index (χ0n) is 5.10. The maximum atomic E-state index is 3.83. The minimum absolute atomic E-state index is 1.06. The normalized spacial score (nSPS) is 9.89. The number of rotatable bonds is 3. The summed E-state index contributed by atoms with van der Waals surface area (Å²) in [7, 11) is 0. The molecule has 1 aromatic rings. The van der Waals surface area contributed by atoms with Crippen molar-refractivity contribution in [2.24, 2.45) is 0 Å². The fourth-order valence-corrected chi connectivity index (χ4v) is 0.962. The minimum Gasteiger partial charge on any atom is -0.283 e. The third-order valence-electron chi connectivity index (χ3n) is 1.14. The highest BCUT2D eigenvalue weighted by molar-refractivity contribution is 9.09. The average molecular weight is 189 g/mol. The predicted molar refractivity (Wildman–Crippen MR) is 40.7 cm³/mol. The molecule has 0 amide bonds. The Morgan fingerprint density at radius 2 is 2.56 bits per heavy atom. The highest BCUT2D eigenvalue weighted by Gasteiger charge is 1.90. The van der Waals surface area contributed by atoms with Crippen molar-refractivity contribution in [2.75, 3.05) is 5.33 Å². The average Bonchev–Trinajstić information content (AvgIpc) is 2.34. The number of hydrogen-bond acceptors (Lipinski definition) is 1. The van der Waals surface area contributed by atoms with E-state index in [-0.39, 0.29) is 0 Å². The van der Waals surface area contributed by atoms with Crippen molar-refractivity contribution in [1.29, 1.82) is 0 Å². The van der Waals surface area contributed by atoms with Crippen molar-refractivity contribution >= 4 is 15.9 Å². The molecule has 1 heterocycles. The summed E-state index contributed by atoms with van der Waals surface area (Å²) in [4.78, 5) is 0. The molecule has 0 aliphatic rings. The van der Waals surface area contributed by atoms with Gasteiger partial charge in [-0.05, 0) is 18.9 Å². The van der Waals surface area contributed by atoms with Crippen LogP contribution in [0.3, 0.4) is 0 Å². The van der Waals surface area contributed by atoms with E-state index >= 15 is 0 Å². The number of hydrogen-bond donors (Lipinski definition) is 1. The molecule has 9 heavy (non-hydrogen) atoms. The lowest BCUT2D eigenvalue weighted by atomic mass is 10.3. The predicted octanol–water partition coefficient (Wildman–Crippen LogP) is 1.74. The molecule has 0 aliphatic carbocycles. The molecule has 1 aromatic heterocycles. The zero-order chi connectivity index (χ0) is 6.53. The van der Waals surface area contributed by atoms with E-state index in [0.717, 1.165) is 11.8 Å². The fraction of sp³-hybridized carbons (Fsp3) is 0.500. The van der Waals surface area contributed by atoms with Crippen LogP contribution in [0.25, 0.3) is 0 Å². The maximum Gasteiger partial charge on any atom is 0.0490 e. The molecule has 2 nitrogen and oxygen atoms in total. The molecule has 0 radical (unpaired) electrons. The van der Waals surface area contributed by atoms with E-state index in [2.05, 4.69) is 26.1 Å². The van der Waals surface area contributed by atoms with Gasteiger partial charge >= 0.3 is 0 Å². The summed E-state index contributed by atoms with van der Waals surface area (Å²) in [5.74, 6) is 0. The Labute approximate surface area is 62.8 Å². The van der Waals surface area contributed by atoms with Crippen LogP contribution in [0, 0.1) is 0 Å². The van der Waals surface area contributed by atoms with E-state index in [1.54, 1.807) is 6.20 Å². The lowest BCUT2D eigenvalue weighted by Gasteiger charge is -1.89. The van der Waals surface area contributed by atoms with Gasteiger partial charge in [0, 0.05) is 17.2 Å². The fourth-order valence-electron chi connectivity index (χ4n) is 0.681. The lowest BCUT2D eigenvalue weighted by molar-refractivity contribution is 0.879. The van der Waals surface area contributed by atoms with Crippen LogP contribution in [0.5, 0.6) is 0 Å². The summed E-state index contributed by atoms with van der Waals surface area (Å²) >= 11 is 3.36. The van der Waals surface area contributed by atoms with Crippen LogP contribution in [0.2, 0.25) is 0 Å². The summed E-state index contributed by atoms with van der Waals surface area (Å²) in [5, 5.41) is 7.80. The lowest BCUT2D eigenvalue weighted by Crippen LogP contribution is -1.85.